The number of aromatic nitrogens is 4. The van der Waals surface area contributed by atoms with E-state index in [-0.39, 0.29) is 5.91 Å². The Morgan fingerprint density at radius 2 is 1.85 bits per heavy atom. The molecule has 3 aromatic heterocycles. The number of carbonyl (C=O) groups is 1. The van der Waals surface area contributed by atoms with Gasteiger partial charge in [0.05, 0.1) is 0 Å². The summed E-state index contributed by atoms with van der Waals surface area (Å²) in [5, 5.41) is 11.3. The predicted molar refractivity (Wildman–Crippen MR) is 99.2 cm³/mol. The summed E-state index contributed by atoms with van der Waals surface area (Å²) >= 11 is 0. The monoisotopic (exact) mass is 343 g/mol. The van der Waals surface area contributed by atoms with E-state index in [0.29, 0.717) is 12.1 Å². The van der Waals surface area contributed by atoms with Crippen molar-refractivity contribution >= 4 is 17.2 Å². The smallest absolute Gasteiger partial charge is 0.274 e. The number of benzene rings is 1. The molecule has 6 heteroatoms. The van der Waals surface area contributed by atoms with E-state index in [9.17, 15) is 4.79 Å². The van der Waals surface area contributed by atoms with Crippen molar-refractivity contribution in [2.75, 3.05) is 5.32 Å². The van der Waals surface area contributed by atoms with Gasteiger partial charge in [-0.15, -0.1) is 10.2 Å². The van der Waals surface area contributed by atoms with Crippen LogP contribution < -0.4 is 5.32 Å². The molecule has 0 bridgehead atoms. The zero-order chi connectivity index (χ0) is 17.9. The number of pyridine rings is 2. The molecule has 1 amide bonds. The third kappa shape index (κ3) is 3.30. The van der Waals surface area contributed by atoms with Crippen LogP contribution in [0.1, 0.15) is 27.6 Å². The quantitative estimate of drug-likeness (QED) is 0.617. The van der Waals surface area contributed by atoms with E-state index in [4.69, 9.17) is 0 Å². The molecule has 0 aliphatic carbocycles. The van der Waals surface area contributed by atoms with Crippen LogP contribution in [0, 0.1) is 6.92 Å². The van der Waals surface area contributed by atoms with Gasteiger partial charge in [-0.1, -0.05) is 24.3 Å². The van der Waals surface area contributed by atoms with Crippen LogP contribution in [0.4, 0.5) is 5.69 Å². The highest BCUT2D eigenvalue weighted by Gasteiger charge is 2.09. The van der Waals surface area contributed by atoms with Gasteiger partial charge in [-0.2, -0.15) is 0 Å². The van der Waals surface area contributed by atoms with Gasteiger partial charge in [0, 0.05) is 24.0 Å². The number of nitrogens with one attached hydrogen (secondary N) is 1. The van der Waals surface area contributed by atoms with E-state index in [1.54, 1.807) is 6.07 Å². The van der Waals surface area contributed by atoms with E-state index < -0.39 is 0 Å². The molecule has 6 nitrogen and oxygen atoms in total. The number of hydrogen-bond donors (Lipinski definition) is 1. The van der Waals surface area contributed by atoms with Crippen LogP contribution >= 0.6 is 0 Å². The molecule has 26 heavy (non-hydrogen) atoms. The summed E-state index contributed by atoms with van der Waals surface area (Å²) in [6.07, 6.45) is 2.62. The fraction of sp³-hybridized carbons (Fsp3) is 0.100. The number of fused-ring (bicyclic) bond motifs is 1. The summed E-state index contributed by atoms with van der Waals surface area (Å²) < 4.78 is 1.97. The van der Waals surface area contributed by atoms with E-state index in [2.05, 4.69) is 20.5 Å². The van der Waals surface area contributed by atoms with Crippen LogP contribution in [-0.2, 0) is 6.42 Å². The van der Waals surface area contributed by atoms with Crippen molar-refractivity contribution in [3.63, 3.8) is 0 Å². The minimum Gasteiger partial charge on any atom is -0.321 e. The van der Waals surface area contributed by atoms with E-state index in [1.807, 2.05) is 72.1 Å². The Balaban J connectivity index is 1.47. The van der Waals surface area contributed by atoms with Crippen molar-refractivity contribution < 1.29 is 4.79 Å². The van der Waals surface area contributed by atoms with E-state index >= 15 is 0 Å². The molecule has 128 valence electrons. The van der Waals surface area contributed by atoms with Crippen molar-refractivity contribution in [3.05, 3.63) is 89.6 Å². The maximum Gasteiger partial charge on any atom is 0.274 e. The topological polar surface area (TPSA) is 72.2 Å². The van der Waals surface area contributed by atoms with Crippen LogP contribution in [0.2, 0.25) is 0 Å². The molecule has 0 aliphatic heterocycles. The first-order chi connectivity index (χ1) is 12.7. The molecule has 0 unspecified atom stereocenters. The van der Waals surface area contributed by atoms with Crippen molar-refractivity contribution in [3.8, 4) is 0 Å². The predicted octanol–water partition coefficient (Wildman–Crippen LogP) is 3.28. The van der Waals surface area contributed by atoms with E-state index in [1.165, 1.54) is 0 Å². The summed E-state index contributed by atoms with van der Waals surface area (Å²) in [6, 6.07) is 18.9. The lowest BCUT2D eigenvalue weighted by Crippen LogP contribution is -2.13. The summed E-state index contributed by atoms with van der Waals surface area (Å²) in [4.78, 5) is 16.5. The molecule has 1 N–H and O–H groups in total. The number of rotatable bonds is 4. The molecule has 0 radical (unpaired) electrons. The van der Waals surface area contributed by atoms with Crippen LogP contribution in [0.5, 0.6) is 0 Å². The third-order valence-corrected chi connectivity index (χ3v) is 4.08. The fourth-order valence-electron chi connectivity index (χ4n) is 2.76. The highest BCUT2D eigenvalue weighted by Crippen LogP contribution is 2.14. The van der Waals surface area contributed by atoms with Crippen molar-refractivity contribution in [1.82, 2.24) is 19.6 Å². The summed E-state index contributed by atoms with van der Waals surface area (Å²) in [6.45, 7) is 1.86. The number of aryl methyl sites for hydroxylation is 1. The van der Waals surface area contributed by atoms with Crippen molar-refractivity contribution in [2.24, 2.45) is 0 Å². The average Bonchev–Trinajstić information content (AvgIpc) is 3.06. The minimum atomic E-state index is -0.218. The Kier molecular flexibility index (Phi) is 4.15. The Bertz CT molecular complexity index is 1070. The Labute approximate surface area is 150 Å². The highest BCUT2D eigenvalue weighted by molar-refractivity contribution is 6.02. The van der Waals surface area contributed by atoms with Crippen LogP contribution in [0.3, 0.4) is 0 Å². The van der Waals surface area contributed by atoms with Gasteiger partial charge in [-0.05, 0) is 48.9 Å². The molecule has 0 saturated heterocycles. The second kappa shape index (κ2) is 6.76. The van der Waals surface area contributed by atoms with Gasteiger partial charge in [0.15, 0.2) is 5.65 Å². The molecule has 0 aliphatic rings. The highest BCUT2D eigenvalue weighted by atomic mass is 16.1. The number of nitrogens with zero attached hydrogens (tertiary/aromatic N) is 4. The van der Waals surface area contributed by atoms with Gasteiger partial charge >= 0.3 is 0 Å². The summed E-state index contributed by atoms with van der Waals surface area (Å²) in [5.41, 5.74) is 3.87. The van der Waals surface area contributed by atoms with Crippen molar-refractivity contribution in [2.45, 2.75) is 13.3 Å². The largest absolute Gasteiger partial charge is 0.321 e. The van der Waals surface area contributed by atoms with E-state index in [0.717, 1.165) is 28.4 Å². The maximum absolute atomic E-state index is 12.3. The third-order valence-electron chi connectivity index (χ3n) is 4.08. The van der Waals surface area contributed by atoms with Crippen LogP contribution in [0.25, 0.3) is 5.65 Å². The number of hydrogen-bond acceptors (Lipinski definition) is 4. The standard InChI is InChI=1S/C20H17N5O/c1-14-5-4-6-17(21-14)20(26)22-16-10-8-15(9-11-16)13-19-24-23-18-7-2-3-12-25(18)19/h2-12H,13H2,1H3,(H,22,26). The Hall–Kier alpha value is -3.54. The number of amides is 1. The lowest BCUT2D eigenvalue weighted by atomic mass is 10.1. The second-order valence-electron chi connectivity index (χ2n) is 6.04. The molecule has 0 atom stereocenters. The zero-order valence-electron chi connectivity index (χ0n) is 14.3. The zero-order valence-corrected chi connectivity index (χ0v) is 14.3. The summed E-state index contributed by atoms with van der Waals surface area (Å²) in [5.74, 6) is 0.659. The molecule has 0 fully saturated rings. The maximum atomic E-state index is 12.3. The molecule has 0 saturated carbocycles. The lowest BCUT2D eigenvalue weighted by Gasteiger charge is -2.06. The summed E-state index contributed by atoms with van der Waals surface area (Å²) in [7, 11) is 0. The van der Waals surface area contributed by atoms with Gasteiger partial charge in [-0.3, -0.25) is 9.20 Å². The average molecular weight is 343 g/mol. The first kappa shape index (κ1) is 16.0. The second-order valence-corrected chi connectivity index (χ2v) is 6.04. The van der Waals surface area contributed by atoms with Gasteiger partial charge in [0.25, 0.3) is 5.91 Å². The van der Waals surface area contributed by atoms with Gasteiger partial charge in [-0.25, -0.2) is 4.98 Å². The van der Waals surface area contributed by atoms with Gasteiger partial charge in [0.2, 0.25) is 0 Å². The lowest BCUT2D eigenvalue weighted by molar-refractivity contribution is 0.102. The minimum absolute atomic E-state index is 0.218. The molecule has 4 aromatic rings. The Morgan fingerprint density at radius 3 is 2.65 bits per heavy atom. The van der Waals surface area contributed by atoms with Gasteiger partial charge < -0.3 is 5.32 Å². The molecule has 1 aromatic carbocycles. The van der Waals surface area contributed by atoms with Crippen LogP contribution in [0.15, 0.2) is 66.9 Å². The normalized spacial score (nSPS) is 10.8. The molecule has 4 rings (SSSR count). The molecule has 0 spiro atoms. The first-order valence-corrected chi connectivity index (χ1v) is 8.32. The number of carbonyl (C=O) groups excluding carboxylic acids is 1. The van der Waals surface area contributed by atoms with Gasteiger partial charge in [0.1, 0.15) is 11.5 Å². The SMILES string of the molecule is Cc1cccc(C(=O)Nc2ccc(Cc3nnc4ccccn34)cc2)n1. The molecular formula is C20H17N5O. The first-order valence-electron chi connectivity index (χ1n) is 8.32. The fourth-order valence-corrected chi connectivity index (χ4v) is 2.76. The van der Waals surface area contributed by atoms with Crippen LogP contribution in [-0.4, -0.2) is 25.5 Å². The number of anilines is 1. The molecular weight excluding hydrogens is 326 g/mol. The Morgan fingerprint density at radius 1 is 1.00 bits per heavy atom. The molecule has 3 heterocycles. The van der Waals surface area contributed by atoms with Crippen molar-refractivity contribution in [1.29, 1.82) is 0 Å².